The number of carbonyl (C=O) groups excluding carboxylic acids is 1. The highest BCUT2D eigenvalue weighted by Gasteiger charge is 2.15. The van der Waals surface area contributed by atoms with Gasteiger partial charge in [0.1, 0.15) is 5.76 Å². The van der Waals surface area contributed by atoms with Gasteiger partial charge in [-0.1, -0.05) is 19.9 Å². The van der Waals surface area contributed by atoms with Crippen LogP contribution in [0.2, 0.25) is 0 Å². The summed E-state index contributed by atoms with van der Waals surface area (Å²) >= 11 is 1.57. The van der Waals surface area contributed by atoms with Gasteiger partial charge in [-0.25, -0.2) is 4.98 Å². The average Bonchev–Trinajstić information content (AvgIpc) is 3.50. The molecule has 0 saturated heterocycles. The van der Waals surface area contributed by atoms with E-state index in [1.165, 1.54) is 5.52 Å². The molecule has 7 heteroatoms. The van der Waals surface area contributed by atoms with Crippen LogP contribution in [0, 0.1) is 6.92 Å². The molecule has 0 bridgehead atoms. The Morgan fingerprint density at radius 1 is 1.23 bits per heavy atom. The highest BCUT2D eigenvalue weighted by molar-refractivity contribution is 7.13. The number of hydrogen-bond donors (Lipinski definition) is 1. The van der Waals surface area contributed by atoms with Crippen LogP contribution in [-0.4, -0.2) is 40.0 Å². The number of anilines is 1. The topological polar surface area (TPSA) is 63.3 Å². The number of oxazole rings is 1. The van der Waals surface area contributed by atoms with Crippen molar-refractivity contribution in [2.24, 2.45) is 0 Å². The first kappa shape index (κ1) is 21.3. The molecule has 4 rings (SSSR count). The molecule has 162 valence electrons. The maximum Gasteiger partial charge on any atom is 0.236 e. The second-order valence-electron chi connectivity index (χ2n) is 7.53. The molecule has 6 nitrogen and oxygen atoms in total. The molecule has 0 aliphatic heterocycles. The summed E-state index contributed by atoms with van der Waals surface area (Å²) < 4.78 is 8.01. The fraction of sp³-hybridized carbons (Fsp3) is 0.333. The van der Waals surface area contributed by atoms with Crippen molar-refractivity contribution in [3.63, 3.8) is 0 Å². The first-order chi connectivity index (χ1) is 15.1. The minimum Gasteiger partial charge on any atom is -0.440 e. The van der Waals surface area contributed by atoms with Crippen LogP contribution in [0.4, 0.5) is 5.69 Å². The molecule has 4 aromatic rings. The number of thiophene rings is 1. The van der Waals surface area contributed by atoms with Gasteiger partial charge in [0.15, 0.2) is 0 Å². The fourth-order valence-electron chi connectivity index (χ4n) is 3.72. The number of benzene rings is 1. The van der Waals surface area contributed by atoms with Gasteiger partial charge in [0, 0.05) is 35.9 Å². The predicted molar refractivity (Wildman–Crippen MR) is 127 cm³/mol. The van der Waals surface area contributed by atoms with Crippen molar-refractivity contribution in [1.82, 2.24) is 14.5 Å². The maximum absolute atomic E-state index is 12.6. The lowest BCUT2D eigenvalue weighted by Gasteiger charge is -2.18. The van der Waals surface area contributed by atoms with Crippen molar-refractivity contribution in [3.05, 3.63) is 59.4 Å². The van der Waals surface area contributed by atoms with Crippen LogP contribution in [0.3, 0.4) is 0 Å². The quantitative estimate of drug-likeness (QED) is 0.392. The largest absolute Gasteiger partial charge is 0.440 e. The van der Waals surface area contributed by atoms with Crippen LogP contribution >= 0.6 is 11.3 Å². The minimum atomic E-state index is -0.102. The van der Waals surface area contributed by atoms with E-state index >= 15 is 0 Å². The zero-order valence-corrected chi connectivity index (χ0v) is 19.0. The molecule has 3 heterocycles. The van der Waals surface area contributed by atoms with E-state index in [2.05, 4.69) is 51.9 Å². The van der Waals surface area contributed by atoms with Crippen LogP contribution < -0.4 is 5.32 Å². The number of amides is 1. The number of hydrogen-bond acceptors (Lipinski definition) is 5. The summed E-state index contributed by atoms with van der Waals surface area (Å²) in [6.07, 6.45) is 2.30. The van der Waals surface area contributed by atoms with Crippen LogP contribution in [0.1, 0.15) is 25.3 Å². The Morgan fingerprint density at radius 2 is 2.06 bits per heavy atom. The highest BCUT2D eigenvalue weighted by Crippen LogP contribution is 2.26. The van der Waals surface area contributed by atoms with Gasteiger partial charge in [0.25, 0.3) is 0 Å². The zero-order chi connectivity index (χ0) is 21.8. The summed E-state index contributed by atoms with van der Waals surface area (Å²) in [6, 6.07) is 12.1. The maximum atomic E-state index is 12.6. The lowest BCUT2D eigenvalue weighted by Crippen LogP contribution is -2.26. The lowest BCUT2D eigenvalue weighted by molar-refractivity contribution is -0.115. The number of likely N-dealkylation sites (N-methyl/N-ethyl adjacent to an activating group) is 1. The standard InChI is InChI=1S/C24H28N4O2S/c1-4-27(5-2)12-13-28-11-10-18-15-19(8-9-21(18)28)25-23(29)16-20-17(3)30-24(26-20)22-7-6-14-31-22/h6-11,14-15H,4-5,12-13,16H2,1-3H3,(H,25,29). The van der Waals surface area contributed by atoms with E-state index in [1.807, 2.05) is 36.6 Å². The number of nitrogens with zero attached hydrogens (tertiary/aromatic N) is 3. The molecule has 0 saturated carbocycles. The van der Waals surface area contributed by atoms with Crippen molar-refractivity contribution < 1.29 is 9.21 Å². The molecule has 0 fully saturated rings. The second kappa shape index (κ2) is 9.49. The predicted octanol–water partition coefficient (Wildman–Crippen LogP) is 5.19. The van der Waals surface area contributed by atoms with Gasteiger partial charge in [0.05, 0.1) is 17.0 Å². The van der Waals surface area contributed by atoms with Crippen molar-refractivity contribution in [1.29, 1.82) is 0 Å². The third-order valence-electron chi connectivity index (χ3n) is 5.56. The van der Waals surface area contributed by atoms with E-state index in [0.29, 0.717) is 17.3 Å². The number of nitrogens with one attached hydrogen (secondary N) is 1. The van der Waals surface area contributed by atoms with E-state index in [-0.39, 0.29) is 12.3 Å². The SMILES string of the molecule is CCN(CC)CCn1ccc2cc(NC(=O)Cc3nc(-c4cccs4)oc3C)ccc21. The molecule has 3 aromatic heterocycles. The molecule has 1 aromatic carbocycles. The van der Waals surface area contributed by atoms with E-state index in [9.17, 15) is 4.79 Å². The lowest BCUT2D eigenvalue weighted by atomic mass is 10.2. The Labute approximate surface area is 186 Å². The van der Waals surface area contributed by atoms with Crippen molar-refractivity contribution in [2.45, 2.75) is 33.7 Å². The second-order valence-corrected chi connectivity index (χ2v) is 8.48. The van der Waals surface area contributed by atoms with E-state index in [1.54, 1.807) is 11.3 Å². The average molecular weight is 437 g/mol. The third kappa shape index (κ3) is 4.89. The van der Waals surface area contributed by atoms with Gasteiger partial charge >= 0.3 is 0 Å². The molecule has 0 spiro atoms. The van der Waals surface area contributed by atoms with Crippen molar-refractivity contribution in [2.75, 3.05) is 25.0 Å². The smallest absolute Gasteiger partial charge is 0.236 e. The normalized spacial score (nSPS) is 11.5. The van der Waals surface area contributed by atoms with Crippen LogP contribution in [0.15, 0.2) is 52.4 Å². The van der Waals surface area contributed by atoms with E-state index in [4.69, 9.17) is 4.42 Å². The zero-order valence-electron chi connectivity index (χ0n) is 18.2. The third-order valence-corrected chi connectivity index (χ3v) is 6.42. The van der Waals surface area contributed by atoms with Gasteiger partial charge < -0.3 is 19.2 Å². The van der Waals surface area contributed by atoms with Gasteiger partial charge in [-0.3, -0.25) is 4.79 Å². The summed E-state index contributed by atoms with van der Waals surface area (Å²) in [6.45, 7) is 10.3. The molecule has 0 aliphatic rings. The van der Waals surface area contributed by atoms with Crippen molar-refractivity contribution in [3.8, 4) is 10.8 Å². The summed E-state index contributed by atoms with van der Waals surface area (Å²) in [5, 5.41) is 6.10. The monoisotopic (exact) mass is 436 g/mol. The minimum absolute atomic E-state index is 0.102. The Balaban J connectivity index is 1.41. The molecule has 1 amide bonds. The van der Waals surface area contributed by atoms with Gasteiger partial charge in [0.2, 0.25) is 11.8 Å². The summed E-state index contributed by atoms with van der Waals surface area (Å²) in [5.41, 5.74) is 2.64. The number of aromatic nitrogens is 2. The Kier molecular flexibility index (Phi) is 6.53. The number of carbonyl (C=O) groups is 1. The molecular formula is C24H28N4O2S. The first-order valence-electron chi connectivity index (χ1n) is 10.7. The molecule has 0 atom stereocenters. The van der Waals surface area contributed by atoms with E-state index < -0.39 is 0 Å². The van der Waals surface area contributed by atoms with Gasteiger partial charge in [-0.05, 0) is 55.7 Å². The highest BCUT2D eigenvalue weighted by atomic mass is 32.1. The molecule has 31 heavy (non-hydrogen) atoms. The van der Waals surface area contributed by atoms with Crippen LogP contribution in [0.5, 0.6) is 0 Å². The summed E-state index contributed by atoms with van der Waals surface area (Å²) in [7, 11) is 0. The Morgan fingerprint density at radius 3 is 2.81 bits per heavy atom. The Hall–Kier alpha value is -2.90. The number of fused-ring (bicyclic) bond motifs is 1. The van der Waals surface area contributed by atoms with Crippen LogP contribution in [-0.2, 0) is 17.8 Å². The van der Waals surface area contributed by atoms with Gasteiger partial charge in [-0.15, -0.1) is 11.3 Å². The van der Waals surface area contributed by atoms with Gasteiger partial charge in [-0.2, -0.15) is 0 Å². The molecule has 0 radical (unpaired) electrons. The first-order valence-corrected chi connectivity index (χ1v) is 11.6. The molecule has 0 aliphatic carbocycles. The fourth-order valence-corrected chi connectivity index (χ4v) is 4.37. The number of aryl methyl sites for hydroxylation is 1. The summed E-state index contributed by atoms with van der Waals surface area (Å²) in [4.78, 5) is 20.5. The molecule has 1 N–H and O–H groups in total. The van der Waals surface area contributed by atoms with Crippen molar-refractivity contribution >= 4 is 33.8 Å². The number of rotatable bonds is 9. The van der Waals surface area contributed by atoms with E-state index in [0.717, 1.165) is 42.1 Å². The Bertz CT molecular complexity index is 1160. The summed E-state index contributed by atoms with van der Waals surface area (Å²) in [5.74, 6) is 1.15. The molecule has 0 unspecified atom stereocenters. The molecular weight excluding hydrogens is 408 g/mol. The van der Waals surface area contributed by atoms with Crippen LogP contribution in [0.25, 0.3) is 21.7 Å².